The van der Waals surface area contributed by atoms with E-state index in [9.17, 15) is 13.2 Å². The molecule has 1 aliphatic heterocycles. The molecule has 1 atom stereocenters. The first-order valence-electron chi connectivity index (χ1n) is 8.42. The second-order valence-electron chi connectivity index (χ2n) is 6.52. The van der Waals surface area contributed by atoms with Crippen LogP contribution in [0.3, 0.4) is 0 Å². The van der Waals surface area contributed by atoms with Gasteiger partial charge in [-0.1, -0.05) is 18.6 Å². The summed E-state index contributed by atoms with van der Waals surface area (Å²) in [7, 11) is -3.34. The minimum Gasteiger partial charge on any atom is -0.478 e. The van der Waals surface area contributed by atoms with Crippen molar-refractivity contribution in [2.24, 2.45) is 0 Å². The fraction of sp³-hybridized carbons (Fsp3) is 0.389. The van der Waals surface area contributed by atoms with Gasteiger partial charge in [0.25, 0.3) is 0 Å². The number of aromatic nitrogens is 2. The molecule has 2 heterocycles. The van der Waals surface area contributed by atoms with Gasteiger partial charge in [-0.25, -0.2) is 23.2 Å². The highest BCUT2D eigenvalue weighted by Crippen LogP contribution is 2.32. The first-order chi connectivity index (χ1) is 12.3. The Morgan fingerprint density at radius 2 is 1.88 bits per heavy atom. The Hall–Kier alpha value is -2.32. The largest absolute Gasteiger partial charge is 0.478 e. The zero-order valence-electron chi connectivity index (χ0n) is 14.7. The summed E-state index contributed by atoms with van der Waals surface area (Å²) in [5, 5.41) is 9.02. The van der Waals surface area contributed by atoms with E-state index in [-0.39, 0.29) is 11.6 Å². The van der Waals surface area contributed by atoms with Crippen molar-refractivity contribution in [3.8, 4) is 11.3 Å². The molecular formula is C18H21N3O4S. The lowest BCUT2D eigenvalue weighted by molar-refractivity contribution is 0.0697. The molecule has 0 amide bonds. The third kappa shape index (κ3) is 3.91. The lowest BCUT2D eigenvalue weighted by Crippen LogP contribution is -2.38. The minimum absolute atomic E-state index is 0.204. The lowest BCUT2D eigenvalue weighted by atomic mass is 10.0. The molecule has 1 aromatic carbocycles. The Morgan fingerprint density at radius 1 is 1.19 bits per heavy atom. The number of hydrogen-bond donors (Lipinski definition) is 1. The van der Waals surface area contributed by atoms with Crippen molar-refractivity contribution in [3.05, 3.63) is 47.4 Å². The van der Waals surface area contributed by atoms with Crippen molar-refractivity contribution >= 4 is 16.0 Å². The molecule has 0 bridgehead atoms. The highest BCUT2D eigenvalue weighted by Gasteiger charge is 2.32. The fourth-order valence-corrected chi connectivity index (χ4v) is 4.35. The first-order valence-corrected chi connectivity index (χ1v) is 10.3. The summed E-state index contributed by atoms with van der Waals surface area (Å²) in [6.07, 6.45) is 3.66. The normalized spacial score (nSPS) is 18.6. The summed E-state index contributed by atoms with van der Waals surface area (Å²) in [5.74, 6) is -0.491. The number of benzene rings is 1. The average Bonchev–Trinajstić information content (AvgIpc) is 2.60. The lowest BCUT2D eigenvalue weighted by Gasteiger charge is -2.32. The van der Waals surface area contributed by atoms with Crippen molar-refractivity contribution in [2.45, 2.75) is 32.2 Å². The van der Waals surface area contributed by atoms with Crippen LogP contribution in [0.4, 0.5) is 0 Å². The molecule has 7 nitrogen and oxygen atoms in total. The number of rotatable bonds is 4. The predicted molar refractivity (Wildman–Crippen MR) is 97.3 cm³/mol. The van der Waals surface area contributed by atoms with Crippen molar-refractivity contribution in [2.75, 3.05) is 12.8 Å². The molecule has 1 unspecified atom stereocenters. The number of aryl methyl sites for hydroxylation is 1. The number of carboxylic acid groups (broad SMARTS) is 1. The topological polar surface area (TPSA) is 100 Å². The molecular weight excluding hydrogens is 354 g/mol. The number of sulfonamides is 1. The van der Waals surface area contributed by atoms with Crippen LogP contribution in [0.2, 0.25) is 0 Å². The first kappa shape index (κ1) is 18.5. The molecule has 1 aromatic heterocycles. The second kappa shape index (κ2) is 7.13. The van der Waals surface area contributed by atoms with Gasteiger partial charge in [0.15, 0.2) is 0 Å². The number of hydrogen-bond acceptors (Lipinski definition) is 5. The summed E-state index contributed by atoms with van der Waals surface area (Å²) >= 11 is 0. The standard InChI is InChI=1S/C18H21N3O4S/c1-12-11-15(13-6-8-14(9-7-13)18(22)23)20-17(19-12)16-5-3-4-10-21(16)26(2,24)25/h6-9,11,16H,3-5,10H2,1-2H3,(H,22,23). The Bertz CT molecular complexity index is 926. The van der Waals surface area contributed by atoms with Crippen molar-refractivity contribution < 1.29 is 18.3 Å². The molecule has 0 radical (unpaired) electrons. The third-order valence-corrected chi connectivity index (χ3v) is 5.77. The maximum atomic E-state index is 12.1. The zero-order chi connectivity index (χ0) is 18.9. The van der Waals surface area contributed by atoms with Crippen molar-refractivity contribution in [1.29, 1.82) is 0 Å². The molecule has 26 heavy (non-hydrogen) atoms. The van der Waals surface area contributed by atoms with Gasteiger partial charge >= 0.3 is 5.97 Å². The van der Waals surface area contributed by atoms with E-state index in [0.29, 0.717) is 24.5 Å². The number of piperidine rings is 1. The summed E-state index contributed by atoms with van der Waals surface area (Å²) < 4.78 is 25.7. The molecule has 3 rings (SSSR count). The number of carbonyl (C=O) groups is 1. The van der Waals surface area contributed by atoms with Crippen LogP contribution in [0.15, 0.2) is 30.3 Å². The monoisotopic (exact) mass is 375 g/mol. The molecule has 1 aliphatic rings. The average molecular weight is 375 g/mol. The van der Waals surface area contributed by atoms with Crippen LogP contribution in [-0.4, -0.2) is 46.6 Å². The molecule has 1 saturated heterocycles. The van der Waals surface area contributed by atoms with Gasteiger partial charge in [-0.2, -0.15) is 4.31 Å². The van der Waals surface area contributed by atoms with Gasteiger partial charge in [-0.05, 0) is 38.0 Å². The van der Waals surface area contributed by atoms with Crippen LogP contribution >= 0.6 is 0 Å². The van der Waals surface area contributed by atoms with Crippen molar-refractivity contribution in [1.82, 2.24) is 14.3 Å². The van der Waals surface area contributed by atoms with Crippen LogP contribution in [0, 0.1) is 6.92 Å². The molecule has 8 heteroatoms. The maximum Gasteiger partial charge on any atom is 0.335 e. The van der Waals surface area contributed by atoms with Crippen molar-refractivity contribution in [3.63, 3.8) is 0 Å². The molecule has 138 valence electrons. The van der Waals surface area contributed by atoms with E-state index in [1.165, 1.54) is 22.7 Å². The van der Waals surface area contributed by atoms with E-state index in [1.807, 2.05) is 13.0 Å². The third-order valence-electron chi connectivity index (χ3n) is 4.48. The molecule has 2 aromatic rings. The van der Waals surface area contributed by atoms with Gasteiger partial charge in [0.2, 0.25) is 10.0 Å². The van der Waals surface area contributed by atoms with E-state index >= 15 is 0 Å². The Morgan fingerprint density at radius 3 is 2.50 bits per heavy atom. The van der Waals surface area contributed by atoms with Gasteiger partial charge < -0.3 is 5.11 Å². The Labute approximate surface area is 152 Å². The van der Waals surface area contributed by atoms with Crippen LogP contribution in [0.1, 0.15) is 47.2 Å². The van der Waals surface area contributed by atoms with E-state index < -0.39 is 16.0 Å². The Kier molecular flexibility index (Phi) is 5.06. The predicted octanol–water partition coefficient (Wildman–Crippen LogP) is 2.64. The number of nitrogens with zero attached hydrogens (tertiary/aromatic N) is 3. The van der Waals surface area contributed by atoms with E-state index in [1.54, 1.807) is 12.1 Å². The number of aromatic carboxylic acids is 1. The van der Waals surface area contributed by atoms with Crippen LogP contribution in [0.25, 0.3) is 11.3 Å². The highest BCUT2D eigenvalue weighted by atomic mass is 32.2. The summed E-state index contributed by atoms with van der Waals surface area (Å²) in [6.45, 7) is 2.32. The summed E-state index contributed by atoms with van der Waals surface area (Å²) in [4.78, 5) is 20.1. The van der Waals surface area contributed by atoms with E-state index in [4.69, 9.17) is 5.11 Å². The highest BCUT2D eigenvalue weighted by molar-refractivity contribution is 7.88. The minimum atomic E-state index is -3.34. The molecule has 1 fully saturated rings. The van der Waals surface area contributed by atoms with Gasteiger partial charge in [-0.3, -0.25) is 0 Å². The molecule has 0 saturated carbocycles. The smallest absolute Gasteiger partial charge is 0.335 e. The van der Waals surface area contributed by atoms with Crippen LogP contribution in [-0.2, 0) is 10.0 Å². The van der Waals surface area contributed by atoms with Crippen LogP contribution in [0.5, 0.6) is 0 Å². The van der Waals surface area contributed by atoms with Gasteiger partial charge in [0.1, 0.15) is 5.82 Å². The van der Waals surface area contributed by atoms with Crippen LogP contribution < -0.4 is 0 Å². The number of carboxylic acids is 1. The summed E-state index contributed by atoms with van der Waals surface area (Å²) in [6, 6.07) is 7.90. The molecule has 0 aliphatic carbocycles. The SMILES string of the molecule is Cc1cc(-c2ccc(C(=O)O)cc2)nc(C2CCCCN2S(C)(=O)=O)n1. The molecule has 1 N–H and O–H groups in total. The van der Waals surface area contributed by atoms with Gasteiger partial charge in [0, 0.05) is 17.8 Å². The van der Waals surface area contributed by atoms with Gasteiger partial charge in [0.05, 0.1) is 23.6 Å². The summed E-state index contributed by atoms with van der Waals surface area (Å²) in [5.41, 5.74) is 2.37. The second-order valence-corrected chi connectivity index (χ2v) is 8.46. The fourth-order valence-electron chi connectivity index (χ4n) is 3.23. The Balaban J connectivity index is 2.00. The molecule has 0 spiro atoms. The van der Waals surface area contributed by atoms with E-state index in [0.717, 1.165) is 24.1 Å². The zero-order valence-corrected chi connectivity index (χ0v) is 15.5. The maximum absolute atomic E-state index is 12.1. The quantitative estimate of drug-likeness (QED) is 0.882. The van der Waals surface area contributed by atoms with E-state index in [2.05, 4.69) is 9.97 Å². The van der Waals surface area contributed by atoms with Gasteiger partial charge in [-0.15, -0.1) is 0 Å².